The Morgan fingerprint density at radius 3 is 2.58 bits per heavy atom. The maximum Gasteiger partial charge on any atom is 0.337 e. The van der Waals surface area contributed by atoms with Crippen molar-refractivity contribution in [3.8, 4) is 0 Å². The molecular formula is C12H17NO5S. The van der Waals surface area contributed by atoms with Gasteiger partial charge in [0.05, 0.1) is 24.2 Å². The zero-order valence-electron chi connectivity index (χ0n) is 11.1. The third-order valence-electron chi connectivity index (χ3n) is 2.71. The molecule has 0 amide bonds. The van der Waals surface area contributed by atoms with Gasteiger partial charge in [-0.1, -0.05) is 6.07 Å². The molecule has 19 heavy (non-hydrogen) atoms. The van der Waals surface area contributed by atoms with Gasteiger partial charge < -0.3 is 9.84 Å². The molecule has 1 aromatic rings. The number of aliphatic hydroxyl groups is 1. The minimum atomic E-state index is -3.73. The zero-order valence-corrected chi connectivity index (χ0v) is 11.9. The lowest BCUT2D eigenvalue weighted by atomic mass is 10.1. The predicted molar refractivity (Wildman–Crippen MR) is 69.4 cm³/mol. The molecule has 1 aromatic carbocycles. The number of carbonyl (C=O) groups is 1. The van der Waals surface area contributed by atoms with Gasteiger partial charge in [-0.15, -0.1) is 0 Å². The zero-order chi connectivity index (χ0) is 14.6. The van der Waals surface area contributed by atoms with Gasteiger partial charge in [0.15, 0.2) is 0 Å². The van der Waals surface area contributed by atoms with Crippen molar-refractivity contribution < 1.29 is 23.1 Å². The number of esters is 1. The van der Waals surface area contributed by atoms with Gasteiger partial charge in [0, 0.05) is 13.6 Å². The molecule has 7 heteroatoms. The number of carbonyl (C=O) groups excluding carboxylic acids is 1. The number of rotatable bonds is 5. The van der Waals surface area contributed by atoms with E-state index in [4.69, 9.17) is 5.11 Å². The fraction of sp³-hybridized carbons (Fsp3) is 0.417. The molecule has 1 N–H and O–H groups in total. The first kappa shape index (κ1) is 15.6. The van der Waals surface area contributed by atoms with Gasteiger partial charge in [0.25, 0.3) is 0 Å². The minimum absolute atomic E-state index is 0.00970. The summed E-state index contributed by atoms with van der Waals surface area (Å²) in [4.78, 5) is 11.5. The van der Waals surface area contributed by atoms with Crippen LogP contribution >= 0.6 is 0 Å². The molecular weight excluding hydrogens is 270 g/mol. The van der Waals surface area contributed by atoms with Crippen LogP contribution in [0.1, 0.15) is 15.9 Å². The first-order valence-corrected chi connectivity index (χ1v) is 7.04. The van der Waals surface area contributed by atoms with E-state index in [9.17, 15) is 13.2 Å². The Hall–Kier alpha value is -1.44. The van der Waals surface area contributed by atoms with Crippen LogP contribution in [-0.4, -0.2) is 51.1 Å². The van der Waals surface area contributed by atoms with Crippen molar-refractivity contribution in [3.05, 3.63) is 29.3 Å². The first-order valence-electron chi connectivity index (χ1n) is 5.60. The molecule has 1 rings (SSSR count). The molecule has 0 spiro atoms. The summed E-state index contributed by atoms with van der Waals surface area (Å²) in [6, 6.07) is 4.34. The number of hydrogen-bond donors (Lipinski definition) is 1. The molecule has 0 saturated heterocycles. The highest BCUT2D eigenvalue weighted by Gasteiger charge is 2.23. The second-order valence-electron chi connectivity index (χ2n) is 4.02. The molecule has 0 aliphatic rings. The van der Waals surface area contributed by atoms with E-state index in [1.807, 2.05) is 0 Å². The molecule has 0 aromatic heterocycles. The van der Waals surface area contributed by atoms with E-state index in [2.05, 4.69) is 4.74 Å². The molecule has 106 valence electrons. The van der Waals surface area contributed by atoms with Crippen molar-refractivity contribution in [2.24, 2.45) is 0 Å². The second-order valence-corrected chi connectivity index (χ2v) is 6.04. The number of methoxy groups -OCH3 is 1. The Balaban J connectivity index is 3.29. The van der Waals surface area contributed by atoms with E-state index in [1.165, 1.54) is 26.3 Å². The summed E-state index contributed by atoms with van der Waals surface area (Å²) in [6.45, 7) is 1.36. The highest BCUT2D eigenvalue weighted by atomic mass is 32.2. The summed E-state index contributed by atoms with van der Waals surface area (Å²) in [5, 5.41) is 8.82. The summed E-state index contributed by atoms with van der Waals surface area (Å²) in [6.07, 6.45) is 0. The Labute approximate surface area is 112 Å². The number of sulfonamides is 1. The molecule has 0 fully saturated rings. The third-order valence-corrected chi connectivity index (χ3v) is 4.71. The summed E-state index contributed by atoms with van der Waals surface area (Å²) in [5.41, 5.74) is 0.696. The van der Waals surface area contributed by atoms with Crippen LogP contribution in [0.3, 0.4) is 0 Å². The lowest BCUT2D eigenvalue weighted by molar-refractivity contribution is 0.0600. The van der Waals surface area contributed by atoms with E-state index in [1.54, 1.807) is 13.0 Å². The lowest BCUT2D eigenvalue weighted by Crippen LogP contribution is -2.30. The van der Waals surface area contributed by atoms with Crippen LogP contribution < -0.4 is 0 Å². The van der Waals surface area contributed by atoms with Crippen LogP contribution in [0, 0.1) is 6.92 Å². The van der Waals surface area contributed by atoms with Gasteiger partial charge in [-0.25, -0.2) is 13.2 Å². The lowest BCUT2D eigenvalue weighted by Gasteiger charge is -2.17. The molecule has 6 nitrogen and oxygen atoms in total. The molecule has 0 unspecified atom stereocenters. The Morgan fingerprint density at radius 1 is 1.42 bits per heavy atom. The predicted octanol–water partition coefficient (Wildman–Crippen LogP) is 0.394. The number of hydrogen-bond acceptors (Lipinski definition) is 5. The highest BCUT2D eigenvalue weighted by Crippen LogP contribution is 2.20. The standard InChI is InChI=1S/C12H17NO5S/c1-9-4-5-10(12(15)18-3)8-11(9)19(16,17)13(2)6-7-14/h4-5,8,14H,6-7H2,1-3H3. The normalized spacial score (nSPS) is 11.6. The first-order chi connectivity index (χ1) is 8.84. The van der Waals surface area contributed by atoms with Crippen LogP contribution in [0.5, 0.6) is 0 Å². The number of aliphatic hydroxyl groups excluding tert-OH is 1. The molecule has 0 saturated carbocycles. The minimum Gasteiger partial charge on any atom is -0.465 e. The maximum atomic E-state index is 12.3. The van der Waals surface area contributed by atoms with Crippen molar-refractivity contribution in [1.82, 2.24) is 4.31 Å². The fourth-order valence-corrected chi connectivity index (χ4v) is 2.96. The van der Waals surface area contributed by atoms with Crippen LogP contribution in [-0.2, 0) is 14.8 Å². The van der Waals surface area contributed by atoms with Crippen molar-refractivity contribution >= 4 is 16.0 Å². The number of likely N-dealkylation sites (N-methyl/N-ethyl adjacent to an activating group) is 1. The van der Waals surface area contributed by atoms with Crippen LogP contribution in [0.25, 0.3) is 0 Å². The van der Waals surface area contributed by atoms with Crippen LogP contribution in [0.2, 0.25) is 0 Å². The fourth-order valence-electron chi connectivity index (χ4n) is 1.55. The Bertz CT molecular complexity index is 567. The Morgan fingerprint density at radius 2 is 2.05 bits per heavy atom. The van der Waals surface area contributed by atoms with Crippen LogP contribution in [0.4, 0.5) is 0 Å². The summed E-state index contributed by atoms with van der Waals surface area (Å²) >= 11 is 0. The number of nitrogens with zero attached hydrogens (tertiary/aromatic N) is 1. The largest absolute Gasteiger partial charge is 0.465 e. The number of ether oxygens (including phenoxy) is 1. The van der Waals surface area contributed by atoms with Gasteiger partial charge in [0.2, 0.25) is 10.0 Å². The average Bonchev–Trinajstić information content (AvgIpc) is 2.38. The van der Waals surface area contributed by atoms with Crippen molar-refractivity contribution in [2.45, 2.75) is 11.8 Å². The SMILES string of the molecule is COC(=O)c1ccc(C)c(S(=O)(=O)N(C)CCO)c1. The van der Waals surface area contributed by atoms with E-state index >= 15 is 0 Å². The number of aryl methyl sites for hydroxylation is 1. The van der Waals surface area contributed by atoms with E-state index < -0.39 is 16.0 Å². The second kappa shape index (κ2) is 6.14. The van der Waals surface area contributed by atoms with Gasteiger partial charge in [0.1, 0.15) is 0 Å². The summed E-state index contributed by atoms with van der Waals surface area (Å²) in [5.74, 6) is -0.596. The van der Waals surface area contributed by atoms with Crippen molar-refractivity contribution in [1.29, 1.82) is 0 Å². The Kier molecular flexibility index (Phi) is 5.04. The summed E-state index contributed by atoms with van der Waals surface area (Å²) < 4.78 is 30.1. The molecule has 0 aliphatic heterocycles. The van der Waals surface area contributed by atoms with E-state index in [-0.39, 0.29) is 23.6 Å². The van der Waals surface area contributed by atoms with Gasteiger partial charge in [-0.05, 0) is 24.6 Å². The van der Waals surface area contributed by atoms with Gasteiger partial charge in [-0.3, -0.25) is 0 Å². The molecule has 0 bridgehead atoms. The van der Waals surface area contributed by atoms with Gasteiger partial charge in [-0.2, -0.15) is 4.31 Å². The monoisotopic (exact) mass is 287 g/mol. The number of benzene rings is 1. The van der Waals surface area contributed by atoms with E-state index in [0.29, 0.717) is 5.56 Å². The third kappa shape index (κ3) is 3.31. The van der Waals surface area contributed by atoms with E-state index in [0.717, 1.165) is 4.31 Å². The average molecular weight is 287 g/mol. The molecule has 0 aliphatic carbocycles. The molecule has 0 atom stereocenters. The molecule has 0 radical (unpaired) electrons. The smallest absolute Gasteiger partial charge is 0.337 e. The summed E-state index contributed by atoms with van der Waals surface area (Å²) in [7, 11) is -1.13. The van der Waals surface area contributed by atoms with Crippen molar-refractivity contribution in [2.75, 3.05) is 27.3 Å². The van der Waals surface area contributed by atoms with Crippen LogP contribution in [0.15, 0.2) is 23.1 Å². The highest BCUT2D eigenvalue weighted by molar-refractivity contribution is 7.89. The maximum absolute atomic E-state index is 12.3. The quantitative estimate of drug-likeness (QED) is 0.792. The topological polar surface area (TPSA) is 83.9 Å². The molecule has 0 heterocycles. The van der Waals surface area contributed by atoms with Crippen molar-refractivity contribution in [3.63, 3.8) is 0 Å². The van der Waals surface area contributed by atoms with Gasteiger partial charge >= 0.3 is 5.97 Å².